The highest BCUT2D eigenvalue weighted by Crippen LogP contribution is 2.42. The van der Waals surface area contributed by atoms with Crippen molar-refractivity contribution in [1.82, 2.24) is 0 Å². The first-order chi connectivity index (χ1) is 5.97. The van der Waals surface area contributed by atoms with E-state index < -0.39 is 23.6 Å². The summed E-state index contributed by atoms with van der Waals surface area (Å²) in [6, 6.07) is 0. The van der Waals surface area contributed by atoms with E-state index in [4.69, 9.17) is 11.6 Å². The second-order valence-corrected chi connectivity index (χ2v) is 10.6. The van der Waals surface area contributed by atoms with Crippen LogP contribution in [0.15, 0.2) is 0 Å². The van der Waals surface area contributed by atoms with Gasteiger partial charge in [0.1, 0.15) is 6.10 Å². The van der Waals surface area contributed by atoms with Crippen LogP contribution in [0.3, 0.4) is 0 Å². The Morgan fingerprint density at radius 2 is 1.79 bits per heavy atom. The number of halogens is 2. The van der Waals surface area contributed by atoms with E-state index in [9.17, 15) is 13.5 Å². The molecule has 0 aliphatic rings. The Morgan fingerprint density at radius 3 is 2.00 bits per heavy atom. The van der Waals surface area contributed by atoms with Crippen molar-refractivity contribution in [2.45, 2.75) is 36.0 Å². The van der Waals surface area contributed by atoms with Gasteiger partial charge in [0.25, 0.3) is 0 Å². The second kappa shape index (κ2) is 4.43. The fraction of sp³-hybridized carbons (Fsp3) is 1.00. The smallest absolute Gasteiger partial charge is 0.221 e. The van der Waals surface area contributed by atoms with Crippen molar-refractivity contribution in [3.8, 4) is 0 Å². The largest absolute Gasteiger partial charge is 0.389 e. The Labute approximate surface area is 104 Å². The van der Waals surface area contributed by atoms with Gasteiger partial charge < -0.3 is 5.11 Å². The summed E-state index contributed by atoms with van der Waals surface area (Å²) in [4.78, 5) is 0. The van der Waals surface area contributed by atoms with Crippen LogP contribution in [0.2, 0.25) is 0 Å². The molecular formula is C8H16ClIO3S. The molecule has 0 bridgehead atoms. The summed E-state index contributed by atoms with van der Waals surface area (Å²) in [6.45, 7) is 6.76. The maximum absolute atomic E-state index is 11.6. The van der Waals surface area contributed by atoms with Gasteiger partial charge in [-0.3, -0.25) is 0 Å². The first-order valence-corrected chi connectivity index (χ1v) is 7.36. The number of hydrogen-bond acceptors (Lipinski definition) is 3. The number of hydrogen-bond donors (Lipinski definition) is 1. The van der Waals surface area contributed by atoms with Crippen LogP contribution < -0.4 is 0 Å². The fourth-order valence-electron chi connectivity index (χ4n) is 0.867. The molecule has 14 heavy (non-hydrogen) atoms. The summed E-state index contributed by atoms with van der Waals surface area (Å²) in [7, 11) is -3.48. The van der Waals surface area contributed by atoms with Crippen molar-refractivity contribution in [3.05, 3.63) is 0 Å². The number of rotatable bonds is 3. The summed E-state index contributed by atoms with van der Waals surface area (Å²) in [5, 5.41) is 9.86. The van der Waals surface area contributed by atoms with Gasteiger partial charge in [0.2, 0.25) is 2.21 Å². The van der Waals surface area contributed by atoms with E-state index in [1.54, 1.807) is 43.4 Å². The van der Waals surface area contributed by atoms with E-state index >= 15 is 0 Å². The average Bonchev–Trinajstić information content (AvgIpc) is 2.01. The van der Waals surface area contributed by atoms with Crippen LogP contribution in [-0.2, 0) is 9.84 Å². The monoisotopic (exact) mass is 354 g/mol. The third kappa shape index (κ3) is 2.96. The van der Waals surface area contributed by atoms with Crippen molar-refractivity contribution < 1.29 is 13.5 Å². The highest BCUT2D eigenvalue weighted by molar-refractivity contribution is 14.1. The number of aliphatic hydroxyl groups excluding tert-OH is 1. The van der Waals surface area contributed by atoms with Crippen molar-refractivity contribution in [3.63, 3.8) is 0 Å². The van der Waals surface area contributed by atoms with Crippen LogP contribution >= 0.6 is 34.2 Å². The summed E-state index contributed by atoms with van der Waals surface area (Å²) in [6.07, 6.45) is -1.11. The summed E-state index contributed by atoms with van der Waals surface area (Å²) >= 11 is 7.51. The number of sulfone groups is 1. The van der Waals surface area contributed by atoms with Crippen LogP contribution in [0.25, 0.3) is 0 Å². The van der Waals surface area contributed by atoms with Gasteiger partial charge in [-0.05, 0) is 28.0 Å². The molecule has 3 nitrogen and oxygen atoms in total. The van der Waals surface area contributed by atoms with Crippen LogP contribution in [-0.4, -0.2) is 27.6 Å². The molecule has 0 aromatic rings. The van der Waals surface area contributed by atoms with Crippen molar-refractivity contribution in [1.29, 1.82) is 0 Å². The van der Waals surface area contributed by atoms with Gasteiger partial charge in [-0.1, -0.05) is 39.3 Å². The van der Waals surface area contributed by atoms with Gasteiger partial charge in [0.05, 0.1) is 5.75 Å². The molecule has 0 aromatic carbocycles. The highest BCUT2D eigenvalue weighted by atomic mass is 127. The van der Waals surface area contributed by atoms with Crippen LogP contribution in [0, 0.1) is 5.41 Å². The summed E-state index contributed by atoms with van der Waals surface area (Å²) in [5.74, 6) is -0.0768. The SMILES string of the molecule is CCS(=O)(=O)[C@@](Cl)(I)[C@H](O)C(C)(C)C. The van der Waals surface area contributed by atoms with Gasteiger partial charge in [-0.15, -0.1) is 0 Å². The molecule has 0 unspecified atom stereocenters. The molecule has 0 aliphatic heterocycles. The zero-order chi connectivity index (χ0) is 11.8. The lowest BCUT2D eigenvalue weighted by atomic mass is 9.90. The van der Waals surface area contributed by atoms with E-state index in [1.165, 1.54) is 6.92 Å². The number of alkyl halides is 2. The molecule has 86 valence electrons. The quantitative estimate of drug-likeness (QED) is 0.624. The van der Waals surface area contributed by atoms with Crippen LogP contribution in [0.1, 0.15) is 27.7 Å². The van der Waals surface area contributed by atoms with E-state index in [0.29, 0.717) is 0 Å². The maximum Gasteiger partial charge on any atom is 0.221 e. The first-order valence-electron chi connectivity index (χ1n) is 4.25. The van der Waals surface area contributed by atoms with Gasteiger partial charge in [-0.2, -0.15) is 0 Å². The number of aliphatic hydroxyl groups is 1. The van der Waals surface area contributed by atoms with Gasteiger partial charge in [0.15, 0.2) is 9.84 Å². The predicted octanol–water partition coefficient (Wildman–Crippen LogP) is 2.16. The van der Waals surface area contributed by atoms with E-state index in [-0.39, 0.29) is 5.75 Å². The molecule has 2 atom stereocenters. The summed E-state index contributed by atoms with van der Waals surface area (Å²) in [5.41, 5.74) is -0.564. The standard InChI is InChI=1S/C8H16ClIO3S/c1-5-14(12,13)8(9,10)6(11)7(2,3)4/h6,11H,5H2,1-4H3/t6-,8+/m1/s1. The van der Waals surface area contributed by atoms with Gasteiger partial charge in [0, 0.05) is 0 Å². The normalized spacial score (nSPS) is 20.2. The third-order valence-corrected chi connectivity index (χ3v) is 7.26. The molecule has 0 saturated carbocycles. The topological polar surface area (TPSA) is 54.4 Å². The molecule has 0 amide bonds. The van der Waals surface area contributed by atoms with Crippen LogP contribution in [0.4, 0.5) is 0 Å². The molecule has 0 fully saturated rings. The molecule has 0 radical (unpaired) electrons. The van der Waals surface area contributed by atoms with Crippen LogP contribution in [0.5, 0.6) is 0 Å². The Balaban J connectivity index is 5.18. The zero-order valence-corrected chi connectivity index (χ0v) is 12.4. The average molecular weight is 355 g/mol. The lowest BCUT2D eigenvalue weighted by Crippen LogP contribution is -2.46. The first kappa shape index (κ1) is 14.9. The molecule has 6 heteroatoms. The third-order valence-electron chi connectivity index (χ3n) is 1.93. The fourth-order valence-corrected chi connectivity index (χ4v) is 4.47. The Hall–Kier alpha value is 0.930. The molecule has 0 aromatic heterocycles. The minimum absolute atomic E-state index is 0.0768. The predicted molar refractivity (Wildman–Crippen MR) is 67.5 cm³/mol. The zero-order valence-electron chi connectivity index (χ0n) is 8.71. The Morgan fingerprint density at radius 1 is 1.43 bits per heavy atom. The molecule has 0 aliphatic carbocycles. The minimum Gasteiger partial charge on any atom is -0.389 e. The molecular weight excluding hydrogens is 339 g/mol. The van der Waals surface area contributed by atoms with Crippen molar-refractivity contribution >= 4 is 44.0 Å². The van der Waals surface area contributed by atoms with Crippen molar-refractivity contribution in [2.75, 3.05) is 5.75 Å². The van der Waals surface area contributed by atoms with E-state index in [1.807, 2.05) is 0 Å². The van der Waals surface area contributed by atoms with Crippen molar-refractivity contribution in [2.24, 2.45) is 5.41 Å². The van der Waals surface area contributed by atoms with E-state index in [0.717, 1.165) is 0 Å². The molecule has 0 saturated heterocycles. The Kier molecular flexibility index (Phi) is 4.72. The molecule has 0 heterocycles. The van der Waals surface area contributed by atoms with Gasteiger partial charge >= 0.3 is 0 Å². The van der Waals surface area contributed by atoms with E-state index in [2.05, 4.69) is 0 Å². The lowest BCUT2D eigenvalue weighted by Gasteiger charge is -2.34. The van der Waals surface area contributed by atoms with Gasteiger partial charge in [-0.25, -0.2) is 8.42 Å². The lowest BCUT2D eigenvalue weighted by molar-refractivity contribution is 0.0712. The summed E-state index contributed by atoms with van der Waals surface area (Å²) < 4.78 is 21.6. The Bertz CT molecular complexity index is 292. The minimum atomic E-state index is -3.48. The molecule has 1 N–H and O–H groups in total. The molecule has 0 rings (SSSR count). The second-order valence-electron chi connectivity index (χ2n) is 4.23. The maximum atomic E-state index is 11.6. The highest BCUT2D eigenvalue weighted by Gasteiger charge is 2.49. The molecule has 0 spiro atoms.